The predicted octanol–water partition coefficient (Wildman–Crippen LogP) is -1.72. The molecule has 0 aromatic heterocycles. The predicted molar refractivity (Wildman–Crippen MR) is 41.7 cm³/mol. The average molecular weight is 178 g/mol. The molecule has 0 unspecified atom stereocenters. The smallest absolute Gasteiger partial charge is 0.407 e. The average Bonchev–Trinajstić information content (AvgIpc) is 2.03. The van der Waals surface area contributed by atoms with E-state index in [1.54, 1.807) is 0 Å². The Kier molecular flexibility index (Phi) is 5.35. The highest BCUT2D eigenvalue weighted by Crippen LogP contribution is 1.92. The van der Waals surface area contributed by atoms with Gasteiger partial charge >= 0.3 is 6.09 Å². The second kappa shape index (κ2) is 5.76. The molecule has 0 spiro atoms. The Morgan fingerprint density at radius 3 is 2.50 bits per heavy atom. The fourth-order valence-corrected chi connectivity index (χ4v) is 0.733. The lowest BCUT2D eigenvalue weighted by molar-refractivity contribution is 0.0585. The number of nitrogens with two attached hydrogens (primary N) is 1. The molecule has 0 saturated heterocycles. The first-order valence-electron chi connectivity index (χ1n) is 3.58. The lowest BCUT2D eigenvalue weighted by atomic mass is 10.3. The van der Waals surface area contributed by atoms with Gasteiger partial charge in [0.2, 0.25) is 0 Å². The molecule has 0 heterocycles. The fourth-order valence-electron chi connectivity index (χ4n) is 0.733. The molecule has 5 N–H and O–H groups in total. The van der Waals surface area contributed by atoms with Crippen LogP contribution in [0.1, 0.15) is 0 Å². The van der Waals surface area contributed by atoms with Gasteiger partial charge in [0.15, 0.2) is 0 Å². The van der Waals surface area contributed by atoms with E-state index in [0.29, 0.717) is 0 Å². The molecule has 0 aromatic rings. The van der Waals surface area contributed by atoms with Crippen LogP contribution in [0.15, 0.2) is 0 Å². The molecule has 0 aliphatic carbocycles. The van der Waals surface area contributed by atoms with Crippen LogP contribution in [0.5, 0.6) is 0 Å². The Balaban J connectivity index is 3.86. The van der Waals surface area contributed by atoms with E-state index < -0.39 is 18.8 Å². The van der Waals surface area contributed by atoms with E-state index in [0.717, 1.165) is 4.90 Å². The van der Waals surface area contributed by atoms with Gasteiger partial charge in [-0.2, -0.15) is 0 Å². The SMILES string of the molecule is NCCN(C[C@@H](O)CO)C(=O)O. The Bertz CT molecular complexity index is 142. The van der Waals surface area contributed by atoms with Gasteiger partial charge in [-0.3, -0.25) is 0 Å². The van der Waals surface area contributed by atoms with Crippen LogP contribution >= 0.6 is 0 Å². The molecule has 0 rings (SSSR count). The molecule has 1 atom stereocenters. The van der Waals surface area contributed by atoms with Crippen LogP contribution in [0.3, 0.4) is 0 Å². The number of amides is 1. The first-order valence-corrected chi connectivity index (χ1v) is 3.58. The molecule has 0 saturated carbocycles. The highest BCUT2D eigenvalue weighted by Gasteiger charge is 2.14. The largest absolute Gasteiger partial charge is 0.465 e. The molecule has 12 heavy (non-hydrogen) atoms. The summed E-state index contributed by atoms with van der Waals surface area (Å²) in [4.78, 5) is 11.4. The molecule has 0 bridgehead atoms. The molecule has 72 valence electrons. The van der Waals surface area contributed by atoms with E-state index in [-0.39, 0.29) is 19.6 Å². The molecule has 6 heteroatoms. The normalized spacial score (nSPS) is 12.6. The fraction of sp³-hybridized carbons (Fsp3) is 0.833. The van der Waals surface area contributed by atoms with Crippen molar-refractivity contribution < 1.29 is 20.1 Å². The quantitative estimate of drug-likeness (QED) is 0.400. The van der Waals surface area contributed by atoms with Gasteiger partial charge in [-0.15, -0.1) is 0 Å². The number of hydrogen-bond donors (Lipinski definition) is 4. The second-order valence-electron chi connectivity index (χ2n) is 2.35. The third-order valence-corrected chi connectivity index (χ3v) is 1.31. The summed E-state index contributed by atoms with van der Waals surface area (Å²) in [6.45, 7) is -0.200. The van der Waals surface area contributed by atoms with Gasteiger partial charge in [0.1, 0.15) is 0 Å². The lowest BCUT2D eigenvalue weighted by Crippen LogP contribution is -2.40. The van der Waals surface area contributed by atoms with Crippen molar-refractivity contribution in [1.82, 2.24) is 4.90 Å². The summed E-state index contributed by atoms with van der Waals surface area (Å²) in [7, 11) is 0. The van der Waals surface area contributed by atoms with Gasteiger partial charge in [0.25, 0.3) is 0 Å². The summed E-state index contributed by atoms with van der Waals surface area (Å²) in [6, 6.07) is 0. The number of aliphatic hydroxyl groups is 2. The zero-order valence-electron chi connectivity index (χ0n) is 6.68. The Hall–Kier alpha value is -0.850. The third kappa shape index (κ3) is 4.12. The van der Waals surface area contributed by atoms with E-state index in [1.807, 2.05) is 0 Å². The van der Waals surface area contributed by atoms with E-state index in [4.69, 9.17) is 21.1 Å². The molecule has 0 aliphatic rings. The van der Waals surface area contributed by atoms with Crippen molar-refractivity contribution in [3.8, 4) is 0 Å². The summed E-state index contributed by atoms with van der Waals surface area (Å²) >= 11 is 0. The van der Waals surface area contributed by atoms with Crippen molar-refractivity contribution >= 4 is 6.09 Å². The molecule has 0 radical (unpaired) electrons. The lowest BCUT2D eigenvalue weighted by Gasteiger charge is -2.20. The number of nitrogens with zero attached hydrogens (tertiary/aromatic N) is 1. The zero-order chi connectivity index (χ0) is 9.56. The number of carbonyl (C=O) groups is 1. The minimum atomic E-state index is -1.15. The monoisotopic (exact) mass is 178 g/mol. The highest BCUT2D eigenvalue weighted by atomic mass is 16.4. The summed E-state index contributed by atoms with van der Waals surface area (Å²) < 4.78 is 0. The standard InChI is InChI=1S/C6H14N2O4/c7-1-2-8(6(11)12)3-5(10)4-9/h5,9-10H,1-4,7H2,(H,11,12)/t5-/m1/s1. The molecule has 0 fully saturated rings. The topological polar surface area (TPSA) is 107 Å². The van der Waals surface area contributed by atoms with Crippen molar-refractivity contribution in [2.75, 3.05) is 26.2 Å². The number of aliphatic hydroxyl groups excluding tert-OH is 2. The summed E-state index contributed by atoms with van der Waals surface area (Å²) in [5, 5.41) is 25.9. The first kappa shape index (κ1) is 11.2. The van der Waals surface area contributed by atoms with Crippen LogP contribution in [-0.4, -0.2) is 58.7 Å². The summed E-state index contributed by atoms with van der Waals surface area (Å²) in [5.41, 5.74) is 5.14. The minimum Gasteiger partial charge on any atom is -0.465 e. The van der Waals surface area contributed by atoms with Crippen LogP contribution in [0.4, 0.5) is 4.79 Å². The Morgan fingerprint density at radius 1 is 1.58 bits per heavy atom. The van der Waals surface area contributed by atoms with Crippen LogP contribution in [0.2, 0.25) is 0 Å². The van der Waals surface area contributed by atoms with E-state index in [1.165, 1.54) is 0 Å². The van der Waals surface area contributed by atoms with Gasteiger partial charge in [-0.25, -0.2) is 4.79 Å². The molecular formula is C6H14N2O4. The minimum absolute atomic E-state index is 0.108. The van der Waals surface area contributed by atoms with Crippen molar-refractivity contribution in [3.63, 3.8) is 0 Å². The third-order valence-electron chi connectivity index (χ3n) is 1.31. The van der Waals surface area contributed by atoms with Crippen LogP contribution < -0.4 is 5.73 Å². The second-order valence-corrected chi connectivity index (χ2v) is 2.35. The summed E-state index contributed by atoms with van der Waals surface area (Å²) in [5.74, 6) is 0. The number of rotatable bonds is 5. The number of hydrogen-bond acceptors (Lipinski definition) is 4. The van der Waals surface area contributed by atoms with Crippen LogP contribution in [0.25, 0.3) is 0 Å². The van der Waals surface area contributed by atoms with E-state index >= 15 is 0 Å². The molecular weight excluding hydrogens is 164 g/mol. The van der Waals surface area contributed by atoms with Crippen LogP contribution in [-0.2, 0) is 0 Å². The van der Waals surface area contributed by atoms with Crippen molar-refractivity contribution in [2.45, 2.75) is 6.10 Å². The molecule has 1 amide bonds. The zero-order valence-corrected chi connectivity index (χ0v) is 6.68. The number of carboxylic acid groups (broad SMARTS) is 1. The molecule has 0 aromatic carbocycles. The van der Waals surface area contributed by atoms with E-state index in [9.17, 15) is 4.79 Å². The maximum atomic E-state index is 10.4. The van der Waals surface area contributed by atoms with Crippen molar-refractivity contribution in [3.05, 3.63) is 0 Å². The Morgan fingerprint density at radius 2 is 2.17 bits per heavy atom. The van der Waals surface area contributed by atoms with Crippen LogP contribution in [0, 0.1) is 0 Å². The highest BCUT2D eigenvalue weighted by molar-refractivity contribution is 5.64. The van der Waals surface area contributed by atoms with E-state index in [2.05, 4.69) is 0 Å². The van der Waals surface area contributed by atoms with Crippen molar-refractivity contribution in [1.29, 1.82) is 0 Å². The van der Waals surface area contributed by atoms with Gasteiger partial charge < -0.3 is 26.0 Å². The van der Waals surface area contributed by atoms with Gasteiger partial charge in [-0.05, 0) is 0 Å². The van der Waals surface area contributed by atoms with Gasteiger partial charge in [0, 0.05) is 13.1 Å². The van der Waals surface area contributed by atoms with Gasteiger partial charge in [0.05, 0.1) is 19.3 Å². The maximum Gasteiger partial charge on any atom is 0.407 e. The first-order chi connectivity index (χ1) is 5.61. The molecule has 0 aliphatic heterocycles. The summed E-state index contributed by atoms with van der Waals surface area (Å²) in [6.07, 6.45) is -2.18. The van der Waals surface area contributed by atoms with Gasteiger partial charge in [-0.1, -0.05) is 0 Å². The molecule has 6 nitrogen and oxygen atoms in total. The maximum absolute atomic E-state index is 10.4. The Labute approximate surface area is 70.2 Å². The van der Waals surface area contributed by atoms with Crippen molar-refractivity contribution in [2.24, 2.45) is 5.73 Å².